The highest BCUT2D eigenvalue weighted by molar-refractivity contribution is 5.73. The lowest BCUT2D eigenvalue weighted by Gasteiger charge is -2.26. The van der Waals surface area contributed by atoms with Crippen molar-refractivity contribution in [1.82, 2.24) is 15.8 Å². The van der Waals surface area contributed by atoms with E-state index in [-0.39, 0.29) is 18.7 Å². The van der Waals surface area contributed by atoms with Gasteiger partial charge < -0.3 is 24.6 Å². The summed E-state index contributed by atoms with van der Waals surface area (Å²) in [6.07, 6.45) is -0.215. The van der Waals surface area contributed by atoms with E-state index < -0.39 is 0 Å². The number of carbonyl (C=O) groups excluding carboxylic acids is 1. The maximum Gasteiger partial charge on any atom is 0.315 e. The number of ether oxygens (including phenoxy) is 2. The molecule has 7 heteroatoms. The van der Waals surface area contributed by atoms with E-state index in [0.717, 1.165) is 11.4 Å². The van der Waals surface area contributed by atoms with Crippen LogP contribution in [0.25, 0.3) is 0 Å². The smallest absolute Gasteiger partial charge is 0.315 e. The Hall–Kier alpha value is -2.70. The topological polar surface area (TPSA) is 85.6 Å². The van der Waals surface area contributed by atoms with Crippen molar-refractivity contribution in [3.8, 4) is 11.5 Å². The average molecular weight is 303 g/mol. The third kappa shape index (κ3) is 3.49. The fourth-order valence-electron chi connectivity index (χ4n) is 2.10. The van der Waals surface area contributed by atoms with Crippen molar-refractivity contribution >= 4 is 6.03 Å². The summed E-state index contributed by atoms with van der Waals surface area (Å²) in [5, 5.41) is 9.19. The summed E-state index contributed by atoms with van der Waals surface area (Å²) in [6, 6.07) is 8.94. The lowest BCUT2D eigenvalue weighted by molar-refractivity contribution is 0.0918. The Morgan fingerprint density at radius 1 is 1.32 bits per heavy atom. The highest BCUT2D eigenvalue weighted by atomic mass is 16.6. The van der Waals surface area contributed by atoms with Crippen LogP contribution in [0.1, 0.15) is 11.5 Å². The zero-order valence-corrected chi connectivity index (χ0v) is 12.2. The Morgan fingerprint density at radius 2 is 2.14 bits per heavy atom. The predicted octanol–water partition coefficient (Wildman–Crippen LogP) is 1.62. The minimum Gasteiger partial charge on any atom is -0.486 e. The van der Waals surface area contributed by atoms with Gasteiger partial charge in [0.1, 0.15) is 6.61 Å². The standard InChI is InChI=1S/C15H17N3O4/c1-10-6-11(22-18-10)7-16-15(19)17-8-12-9-20-13-4-2-3-5-14(13)21-12/h2-6,12H,7-9H2,1H3,(H2,16,17,19)/t12-/m0/s1. The van der Waals surface area contributed by atoms with Crippen LogP contribution < -0.4 is 20.1 Å². The van der Waals surface area contributed by atoms with Crippen LogP contribution in [-0.2, 0) is 6.54 Å². The summed E-state index contributed by atoms with van der Waals surface area (Å²) in [4.78, 5) is 11.7. The number of carbonyl (C=O) groups is 1. The fraction of sp³-hybridized carbons (Fsp3) is 0.333. The predicted molar refractivity (Wildman–Crippen MR) is 77.8 cm³/mol. The van der Waals surface area contributed by atoms with E-state index in [9.17, 15) is 4.79 Å². The second kappa shape index (κ2) is 6.38. The van der Waals surface area contributed by atoms with Crippen molar-refractivity contribution in [1.29, 1.82) is 0 Å². The van der Waals surface area contributed by atoms with Crippen molar-refractivity contribution in [2.45, 2.75) is 19.6 Å². The lowest BCUT2D eigenvalue weighted by Crippen LogP contribution is -2.44. The third-order valence-corrected chi connectivity index (χ3v) is 3.16. The number of rotatable bonds is 4. The molecule has 1 atom stereocenters. The monoisotopic (exact) mass is 303 g/mol. The van der Waals surface area contributed by atoms with Gasteiger partial charge in [-0.1, -0.05) is 17.3 Å². The molecule has 7 nitrogen and oxygen atoms in total. The number of aryl methyl sites for hydroxylation is 1. The second-order valence-electron chi connectivity index (χ2n) is 5.00. The van der Waals surface area contributed by atoms with Crippen LogP contribution >= 0.6 is 0 Å². The Morgan fingerprint density at radius 3 is 2.91 bits per heavy atom. The molecule has 0 saturated carbocycles. The SMILES string of the molecule is Cc1cc(CNC(=O)NC[C@H]2COc3ccccc3O2)on1. The van der Waals surface area contributed by atoms with Crippen LogP contribution in [0.5, 0.6) is 11.5 Å². The minimum atomic E-state index is -0.295. The van der Waals surface area contributed by atoms with E-state index in [4.69, 9.17) is 14.0 Å². The maximum absolute atomic E-state index is 11.7. The zero-order chi connectivity index (χ0) is 15.4. The lowest BCUT2D eigenvalue weighted by atomic mass is 10.2. The van der Waals surface area contributed by atoms with Gasteiger partial charge in [0.05, 0.1) is 18.8 Å². The number of aromatic nitrogens is 1. The third-order valence-electron chi connectivity index (χ3n) is 3.16. The molecule has 0 unspecified atom stereocenters. The van der Waals surface area contributed by atoms with E-state index in [1.807, 2.05) is 31.2 Å². The summed E-state index contributed by atoms with van der Waals surface area (Å²) in [5.41, 5.74) is 0.781. The van der Waals surface area contributed by atoms with Gasteiger partial charge in [-0.3, -0.25) is 0 Å². The second-order valence-corrected chi connectivity index (χ2v) is 5.00. The quantitative estimate of drug-likeness (QED) is 0.896. The number of hydrogen-bond acceptors (Lipinski definition) is 5. The molecule has 116 valence electrons. The first-order chi connectivity index (χ1) is 10.7. The molecule has 0 bridgehead atoms. The fourth-order valence-corrected chi connectivity index (χ4v) is 2.10. The van der Waals surface area contributed by atoms with Crippen molar-refractivity contribution in [2.75, 3.05) is 13.2 Å². The van der Waals surface area contributed by atoms with Crippen LogP contribution in [0.4, 0.5) is 4.79 Å². The van der Waals surface area contributed by atoms with Crippen LogP contribution in [0.3, 0.4) is 0 Å². The van der Waals surface area contributed by atoms with Gasteiger partial charge in [0.25, 0.3) is 0 Å². The molecule has 0 radical (unpaired) electrons. The van der Waals surface area contributed by atoms with Gasteiger partial charge in [0, 0.05) is 6.07 Å². The van der Waals surface area contributed by atoms with Gasteiger partial charge in [0.2, 0.25) is 0 Å². The van der Waals surface area contributed by atoms with Gasteiger partial charge >= 0.3 is 6.03 Å². The van der Waals surface area contributed by atoms with Gasteiger partial charge in [-0.15, -0.1) is 0 Å². The summed E-state index contributed by atoms with van der Waals surface area (Å²) >= 11 is 0. The average Bonchev–Trinajstić information content (AvgIpc) is 2.96. The molecular formula is C15H17N3O4. The maximum atomic E-state index is 11.7. The molecule has 1 aromatic carbocycles. The summed E-state index contributed by atoms with van der Waals surface area (Å²) < 4.78 is 16.3. The van der Waals surface area contributed by atoms with E-state index in [0.29, 0.717) is 24.7 Å². The first-order valence-electron chi connectivity index (χ1n) is 7.03. The Kier molecular flexibility index (Phi) is 4.13. The number of urea groups is 1. The Labute approximate surface area is 127 Å². The molecule has 3 rings (SSSR count). The molecule has 1 aliphatic rings. The Balaban J connectivity index is 1.42. The van der Waals surface area contributed by atoms with Gasteiger partial charge in [0.15, 0.2) is 23.4 Å². The van der Waals surface area contributed by atoms with Crippen LogP contribution in [0.15, 0.2) is 34.9 Å². The molecule has 2 amide bonds. The van der Waals surface area contributed by atoms with E-state index in [1.165, 1.54) is 0 Å². The molecular weight excluding hydrogens is 286 g/mol. The summed E-state index contributed by atoms with van der Waals surface area (Å²) in [7, 11) is 0. The number of hydrogen-bond donors (Lipinski definition) is 2. The largest absolute Gasteiger partial charge is 0.486 e. The first-order valence-corrected chi connectivity index (χ1v) is 7.03. The van der Waals surface area contributed by atoms with Gasteiger partial charge in [-0.05, 0) is 19.1 Å². The number of nitrogens with zero attached hydrogens (tertiary/aromatic N) is 1. The van der Waals surface area contributed by atoms with Crippen molar-refractivity contribution < 1.29 is 18.8 Å². The summed E-state index contributed by atoms with van der Waals surface area (Å²) in [6.45, 7) is 2.87. The van der Waals surface area contributed by atoms with Crippen LogP contribution in [-0.4, -0.2) is 30.4 Å². The van der Waals surface area contributed by atoms with E-state index in [2.05, 4.69) is 15.8 Å². The highest BCUT2D eigenvalue weighted by Gasteiger charge is 2.20. The first kappa shape index (κ1) is 14.2. The Bertz CT molecular complexity index is 656. The zero-order valence-electron chi connectivity index (χ0n) is 12.2. The molecule has 2 heterocycles. The minimum absolute atomic E-state index is 0.215. The normalized spacial score (nSPS) is 16.1. The van der Waals surface area contributed by atoms with E-state index >= 15 is 0 Å². The molecule has 2 N–H and O–H groups in total. The van der Waals surface area contributed by atoms with Crippen molar-refractivity contribution in [2.24, 2.45) is 0 Å². The number of para-hydroxylation sites is 2. The molecule has 1 aromatic heterocycles. The van der Waals surface area contributed by atoms with Gasteiger partial charge in [-0.25, -0.2) is 4.79 Å². The van der Waals surface area contributed by atoms with Crippen molar-refractivity contribution in [3.05, 3.63) is 41.8 Å². The van der Waals surface area contributed by atoms with Crippen LogP contribution in [0, 0.1) is 6.92 Å². The molecule has 0 saturated heterocycles. The number of fused-ring (bicyclic) bond motifs is 1. The molecule has 2 aromatic rings. The molecule has 1 aliphatic heterocycles. The molecule has 0 fully saturated rings. The van der Waals surface area contributed by atoms with Gasteiger partial charge in [-0.2, -0.15) is 0 Å². The number of benzene rings is 1. The number of amides is 2. The molecule has 0 aliphatic carbocycles. The van der Waals surface area contributed by atoms with Crippen molar-refractivity contribution in [3.63, 3.8) is 0 Å². The molecule has 22 heavy (non-hydrogen) atoms. The molecule has 0 spiro atoms. The highest BCUT2D eigenvalue weighted by Crippen LogP contribution is 2.30. The number of nitrogens with one attached hydrogen (secondary N) is 2. The van der Waals surface area contributed by atoms with E-state index in [1.54, 1.807) is 6.07 Å². The summed E-state index contributed by atoms with van der Waals surface area (Å²) in [5.74, 6) is 2.03. The van der Waals surface area contributed by atoms with Crippen LogP contribution in [0.2, 0.25) is 0 Å².